The van der Waals surface area contributed by atoms with Crippen LogP contribution in [0, 0.1) is 0 Å². The molecule has 0 fully saturated rings. The van der Waals surface area contributed by atoms with Gasteiger partial charge in [-0.15, -0.1) is 0 Å². The molecule has 2 rings (SSSR count). The maximum Gasteiger partial charge on any atom is 0.356 e. The topological polar surface area (TPSA) is 92.2 Å². The maximum atomic E-state index is 11.2. The molecule has 1 aromatic carbocycles. The first-order valence-corrected chi connectivity index (χ1v) is 5.99. The van der Waals surface area contributed by atoms with Gasteiger partial charge in [0.15, 0.2) is 11.5 Å². The quantitative estimate of drug-likeness (QED) is 0.906. The van der Waals surface area contributed by atoms with Crippen LogP contribution in [0.4, 0.5) is 5.69 Å². The summed E-state index contributed by atoms with van der Waals surface area (Å²) in [5, 5.41) is 12.0. The number of carbonyl (C=O) groups is 2. The molecule has 0 aliphatic heterocycles. The van der Waals surface area contributed by atoms with Gasteiger partial charge in [0, 0.05) is 17.5 Å². The van der Waals surface area contributed by atoms with Crippen molar-refractivity contribution in [1.82, 2.24) is 9.97 Å². The molecule has 2 N–H and O–H groups in total. The van der Waals surface area contributed by atoms with Crippen molar-refractivity contribution in [3.63, 3.8) is 0 Å². The van der Waals surface area contributed by atoms with Gasteiger partial charge in [-0.2, -0.15) is 0 Å². The lowest BCUT2D eigenvalue weighted by Crippen LogP contribution is -2.13. The number of carbonyl (C=O) groups excluding carboxylic acids is 1. The van der Waals surface area contributed by atoms with Gasteiger partial charge in [0.2, 0.25) is 5.91 Å². The third kappa shape index (κ3) is 3.10. The van der Waals surface area contributed by atoms with Crippen LogP contribution in [0.25, 0.3) is 11.4 Å². The van der Waals surface area contributed by atoms with Crippen LogP contribution in [0.1, 0.15) is 17.4 Å². The predicted octanol–water partition coefficient (Wildman–Crippen LogP) is 2.45. The first-order chi connectivity index (χ1) is 9.47. The van der Waals surface area contributed by atoms with Gasteiger partial charge in [-0.3, -0.25) is 4.79 Å². The maximum absolute atomic E-state index is 11.2. The molecule has 102 valence electrons. The zero-order valence-corrected chi connectivity index (χ0v) is 11.2. The molecule has 0 atom stereocenters. The van der Waals surface area contributed by atoms with E-state index < -0.39 is 11.9 Å². The molecule has 1 aromatic heterocycles. The number of nitrogens with zero attached hydrogens (tertiary/aromatic N) is 2. The summed E-state index contributed by atoms with van der Waals surface area (Å²) in [7, 11) is 0. The van der Waals surface area contributed by atoms with E-state index in [1.54, 1.807) is 24.3 Å². The molecule has 0 radical (unpaired) electrons. The van der Waals surface area contributed by atoms with E-state index in [9.17, 15) is 9.59 Å². The van der Waals surface area contributed by atoms with Crippen molar-refractivity contribution in [3.05, 3.63) is 41.2 Å². The summed E-state index contributed by atoms with van der Waals surface area (Å²) in [6, 6.07) is 6.74. The van der Waals surface area contributed by atoms with E-state index in [4.69, 9.17) is 16.7 Å². The van der Waals surface area contributed by atoms with E-state index in [0.29, 0.717) is 10.6 Å². The lowest BCUT2D eigenvalue weighted by atomic mass is 10.2. The summed E-state index contributed by atoms with van der Waals surface area (Å²) >= 11 is 5.87. The van der Waals surface area contributed by atoms with Gasteiger partial charge in [0.1, 0.15) is 0 Å². The second kappa shape index (κ2) is 5.66. The highest BCUT2D eigenvalue weighted by molar-refractivity contribution is 6.30. The predicted molar refractivity (Wildman–Crippen MR) is 73.7 cm³/mol. The van der Waals surface area contributed by atoms with Gasteiger partial charge in [-0.1, -0.05) is 23.7 Å². The Bertz CT molecular complexity index is 688. The van der Waals surface area contributed by atoms with Crippen molar-refractivity contribution in [2.24, 2.45) is 0 Å². The molecule has 0 aliphatic carbocycles. The van der Waals surface area contributed by atoms with Gasteiger partial charge in [0.25, 0.3) is 0 Å². The number of carboxylic acids is 1. The number of aromatic carboxylic acids is 1. The van der Waals surface area contributed by atoms with E-state index in [2.05, 4.69) is 15.3 Å². The van der Waals surface area contributed by atoms with Crippen LogP contribution in [0.15, 0.2) is 30.5 Å². The lowest BCUT2D eigenvalue weighted by Gasteiger charge is -2.07. The second-order valence-electron chi connectivity index (χ2n) is 3.95. The minimum absolute atomic E-state index is 0.0516. The van der Waals surface area contributed by atoms with Gasteiger partial charge in [-0.05, 0) is 12.1 Å². The first kappa shape index (κ1) is 14.0. The van der Waals surface area contributed by atoms with E-state index in [-0.39, 0.29) is 17.2 Å². The molecule has 0 bridgehead atoms. The Labute approximate surface area is 119 Å². The average molecular weight is 292 g/mol. The van der Waals surface area contributed by atoms with Gasteiger partial charge in [-0.25, -0.2) is 14.8 Å². The van der Waals surface area contributed by atoms with E-state index >= 15 is 0 Å². The first-order valence-electron chi connectivity index (χ1n) is 5.61. The highest BCUT2D eigenvalue weighted by atomic mass is 35.5. The normalized spacial score (nSPS) is 10.1. The highest BCUT2D eigenvalue weighted by Crippen LogP contribution is 2.22. The molecule has 0 saturated heterocycles. The number of amides is 1. The highest BCUT2D eigenvalue weighted by Gasteiger charge is 2.15. The van der Waals surface area contributed by atoms with Crippen LogP contribution in [-0.2, 0) is 4.79 Å². The van der Waals surface area contributed by atoms with Crippen LogP contribution in [0.5, 0.6) is 0 Å². The Morgan fingerprint density at radius 3 is 2.70 bits per heavy atom. The molecule has 6 nitrogen and oxygen atoms in total. The zero-order chi connectivity index (χ0) is 14.7. The van der Waals surface area contributed by atoms with Crippen molar-refractivity contribution in [3.8, 4) is 11.4 Å². The largest absolute Gasteiger partial charge is 0.476 e. The number of anilines is 1. The zero-order valence-electron chi connectivity index (χ0n) is 10.4. The number of aromatic nitrogens is 2. The number of hydrogen-bond acceptors (Lipinski definition) is 4. The molecule has 0 spiro atoms. The van der Waals surface area contributed by atoms with Crippen molar-refractivity contribution in [1.29, 1.82) is 0 Å². The minimum atomic E-state index is -1.25. The fourth-order valence-electron chi connectivity index (χ4n) is 1.59. The van der Waals surface area contributed by atoms with Crippen LogP contribution < -0.4 is 5.32 Å². The molecule has 2 aromatic rings. The van der Waals surface area contributed by atoms with Gasteiger partial charge >= 0.3 is 5.97 Å². The van der Waals surface area contributed by atoms with Crippen molar-refractivity contribution in [2.75, 3.05) is 5.32 Å². The SMILES string of the molecule is CC(=O)Nc1cnc(-c2cccc(Cl)c2)nc1C(=O)O. The molecule has 1 amide bonds. The Hall–Kier alpha value is -2.47. The summed E-state index contributed by atoms with van der Waals surface area (Å²) in [5.74, 6) is -1.43. The molecule has 0 unspecified atom stereocenters. The molecular formula is C13H10ClN3O3. The number of halogens is 1. The Morgan fingerprint density at radius 1 is 1.35 bits per heavy atom. The Morgan fingerprint density at radius 2 is 2.10 bits per heavy atom. The molecular weight excluding hydrogens is 282 g/mol. The summed E-state index contributed by atoms with van der Waals surface area (Å²) < 4.78 is 0. The smallest absolute Gasteiger partial charge is 0.356 e. The van der Waals surface area contributed by atoms with Gasteiger partial charge in [0.05, 0.1) is 11.9 Å². The summed E-state index contributed by atoms with van der Waals surface area (Å²) in [5.41, 5.74) is 0.371. The monoisotopic (exact) mass is 291 g/mol. The van der Waals surface area contributed by atoms with E-state index in [1.807, 2.05) is 0 Å². The fraction of sp³-hybridized carbons (Fsp3) is 0.0769. The Kier molecular flexibility index (Phi) is 3.95. The Balaban J connectivity index is 2.50. The molecule has 1 heterocycles. The number of hydrogen-bond donors (Lipinski definition) is 2. The second-order valence-corrected chi connectivity index (χ2v) is 4.39. The van der Waals surface area contributed by atoms with Crippen molar-refractivity contribution in [2.45, 2.75) is 6.92 Å². The number of nitrogens with one attached hydrogen (secondary N) is 1. The number of rotatable bonds is 3. The fourth-order valence-corrected chi connectivity index (χ4v) is 1.78. The molecule has 7 heteroatoms. The van der Waals surface area contributed by atoms with Crippen molar-refractivity contribution < 1.29 is 14.7 Å². The standard InChI is InChI=1S/C13H10ClN3O3/c1-7(18)16-10-6-15-12(17-11(10)13(19)20)8-3-2-4-9(14)5-8/h2-6H,1H3,(H,16,18)(H,19,20). The third-order valence-electron chi connectivity index (χ3n) is 2.38. The molecule has 20 heavy (non-hydrogen) atoms. The average Bonchev–Trinajstić information content (AvgIpc) is 2.38. The molecule has 0 aliphatic rings. The van der Waals surface area contributed by atoms with E-state index in [1.165, 1.54) is 13.1 Å². The van der Waals surface area contributed by atoms with Crippen LogP contribution in [0.2, 0.25) is 5.02 Å². The minimum Gasteiger partial charge on any atom is -0.476 e. The molecule has 0 saturated carbocycles. The van der Waals surface area contributed by atoms with Crippen LogP contribution >= 0.6 is 11.6 Å². The summed E-state index contributed by atoms with van der Waals surface area (Å²) in [4.78, 5) is 30.2. The number of carboxylic acid groups (broad SMARTS) is 1. The summed E-state index contributed by atoms with van der Waals surface area (Å²) in [6.45, 7) is 1.27. The van der Waals surface area contributed by atoms with Crippen LogP contribution in [0.3, 0.4) is 0 Å². The summed E-state index contributed by atoms with van der Waals surface area (Å²) in [6.07, 6.45) is 1.26. The van der Waals surface area contributed by atoms with Crippen LogP contribution in [-0.4, -0.2) is 27.0 Å². The van der Waals surface area contributed by atoms with Gasteiger partial charge < -0.3 is 10.4 Å². The lowest BCUT2D eigenvalue weighted by molar-refractivity contribution is -0.114. The van der Waals surface area contributed by atoms with E-state index in [0.717, 1.165) is 0 Å². The number of benzene rings is 1. The third-order valence-corrected chi connectivity index (χ3v) is 2.62. The van der Waals surface area contributed by atoms with Crippen molar-refractivity contribution >= 4 is 29.2 Å².